The van der Waals surface area contributed by atoms with Gasteiger partial charge in [0.15, 0.2) is 4.90 Å². The predicted molar refractivity (Wildman–Crippen MR) is 96.1 cm³/mol. The third kappa shape index (κ3) is 3.62. The van der Waals surface area contributed by atoms with Crippen molar-refractivity contribution < 1.29 is 19.9 Å². The van der Waals surface area contributed by atoms with Crippen LogP contribution in [0.15, 0.2) is 58.3 Å². The summed E-state index contributed by atoms with van der Waals surface area (Å²) in [4.78, 5) is 31.0. The van der Waals surface area contributed by atoms with E-state index < -0.39 is 31.8 Å². The van der Waals surface area contributed by atoms with Crippen molar-refractivity contribution in [3.8, 4) is 5.75 Å². The molecule has 27 heavy (non-hydrogen) atoms. The lowest BCUT2D eigenvalue weighted by atomic mass is 10.1. The average Bonchev–Trinajstić information content (AvgIpc) is 2.60. The van der Waals surface area contributed by atoms with E-state index in [4.69, 9.17) is 0 Å². The molecule has 3 rings (SSSR count). The third-order valence-corrected chi connectivity index (χ3v) is 4.77. The van der Waals surface area contributed by atoms with Crippen molar-refractivity contribution in [2.75, 3.05) is 0 Å². The van der Waals surface area contributed by atoms with E-state index in [1.54, 1.807) is 24.3 Å². The fourth-order valence-electron chi connectivity index (χ4n) is 2.46. The molecular formula is C16H9N3O7S. The van der Waals surface area contributed by atoms with E-state index in [0.29, 0.717) is 22.4 Å². The van der Waals surface area contributed by atoms with Crippen LogP contribution in [0.2, 0.25) is 0 Å². The second-order valence-electron chi connectivity index (χ2n) is 5.38. The number of fused-ring (bicyclic) bond motifs is 1. The Labute approximate surface area is 154 Å². The number of nitro groups is 3. The quantitative estimate of drug-likeness (QED) is 0.499. The summed E-state index contributed by atoms with van der Waals surface area (Å²) in [5, 5.41) is 44.6. The molecule has 0 amide bonds. The van der Waals surface area contributed by atoms with Gasteiger partial charge >= 0.3 is 0 Å². The van der Waals surface area contributed by atoms with Crippen molar-refractivity contribution in [2.24, 2.45) is 0 Å². The maximum Gasteiger partial charge on any atom is 0.297 e. The molecule has 3 aromatic carbocycles. The topological polar surface area (TPSA) is 150 Å². The summed E-state index contributed by atoms with van der Waals surface area (Å²) in [6, 6.07) is 11.0. The van der Waals surface area contributed by atoms with Gasteiger partial charge in [-0.3, -0.25) is 30.3 Å². The predicted octanol–water partition coefficient (Wildman–Crippen LogP) is 4.42. The van der Waals surface area contributed by atoms with E-state index in [0.717, 1.165) is 17.1 Å². The highest BCUT2D eigenvalue weighted by atomic mass is 32.2. The van der Waals surface area contributed by atoms with E-state index in [2.05, 4.69) is 0 Å². The summed E-state index contributed by atoms with van der Waals surface area (Å²) in [5.41, 5.74) is -2.19. The lowest BCUT2D eigenvalue weighted by molar-refractivity contribution is -0.407. The number of benzene rings is 3. The van der Waals surface area contributed by atoms with Crippen LogP contribution in [0.25, 0.3) is 10.8 Å². The summed E-state index contributed by atoms with van der Waals surface area (Å²) in [6.07, 6.45) is 0. The van der Waals surface area contributed by atoms with Gasteiger partial charge in [0.05, 0.1) is 26.9 Å². The normalized spacial score (nSPS) is 10.7. The van der Waals surface area contributed by atoms with Crippen LogP contribution in [0.1, 0.15) is 0 Å². The number of hydrogen-bond acceptors (Lipinski definition) is 8. The zero-order valence-corrected chi connectivity index (χ0v) is 14.1. The summed E-state index contributed by atoms with van der Waals surface area (Å²) in [7, 11) is 0. The van der Waals surface area contributed by atoms with Crippen LogP contribution in [-0.4, -0.2) is 19.9 Å². The number of nitrogens with zero attached hydrogens (tertiary/aromatic N) is 3. The minimum Gasteiger partial charge on any atom is -0.508 e. The van der Waals surface area contributed by atoms with Crippen LogP contribution in [0.3, 0.4) is 0 Å². The lowest BCUT2D eigenvalue weighted by Gasteiger charge is -2.06. The molecule has 0 fully saturated rings. The van der Waals surface area contributed by atoms with Crippen LogP contribution in [0, 0.1) is 30.3 Å². The highest BCUT2D eigenvalue weighted by Crippen LogP contribution is 2.44. The monoisotopic (exact) mass is 387 g/mol. The van der Waals surface area contributed by atoms with Gasteiger partial charge in [0.1, 0.15) is 5.75 Å². The van der Waals surface area contributed by atoms with Crippen LogP contribution < -0.4 is 0 Å². The third-order valence-electron chi connectivity index (χ3n) is 3.65. The Morgan fingerprint density at radius 2 is 1.33 bits per heavy atom. The van der Waals surface area contributed by atoms with Gasteiger partial charge < -0.3 is 5.11 Å². The molecule has 3 aromatic rings. The smallest absolute Gasteiger partial charge is 0.297 e. The molecule has 11 heteroatoms. The highest BCUT2D eigenvalue weighted by Gasteiger charge is 2.31. The van der Waals surface area contributed by atoms with Gasteiger partial charge in [0.2, 0.25) is 0 Å². The van der Waals surface area contributed by atoms with Crippen molar-refractivity contribution in [1.82, 2.24) is 0 Å². The van der Waals surface area contributed by atoms with Gasteiger partial charge in [-0.1, -0.05) is 23.9 Å². The number of rotatable bonds is 5. The number of hydrogen-bond donors (Lipinski definition) is 1. The molecule has 10 nitrogen and oxygen atoms in total. The molecule has 1 N–H and O–H groups in total. The Morgan fingerprint density at radius 1 is 0.741 bits per heavy atom. The minimum absolute atomic E-state index is 0.0250. The van der Waals surface area contributed by atoms with E-state index in [1.165, 1.54) is 12.1 Å². The van der Waals surface area contributed by atoms with E-state index in [1.807, 2.05) is 0 Å². The molecule has 0 radical (unpaired) electrons. The zero-order chi connectivity index (χ0) is 19.7. The maximum atomic E-state index is 11.3. The fourth-order valence-corrected chi connectivity index (χ4v) is 3.49. The molecule has 0 aliphatic heterocycles. The van der Waals surface area contributed by atoms with Crippen molar-refractivity contribution >= 4 is 39.6 Å². The summed E-state index contributed by atoms with van der Waals surface area (Å²) in [5.74, 6) is 0.0250. The molecule has 0 saturated heterocycles. The second kappa shape index (κ2) is 6.88. The van der Waals surface area contributed by atoms with E-state index in [9.17, 15) is 35.4 Å². The molecule has 0 aliphatic rings. The second-order valence-corrected chi connectivity index (χ2v) is 6.46. The van der Waals surface area contributed by atoms with Gasteiger partial charge in [-0.2, -0.15) is 0 Å². The van der Waals surface area contributed by atoms with Gasteiger partial charge in [-0.05, 0) is 35.0 Å². The standard InChI is InChI=1S/C16H9N3O7S/c20-12-3-1-9-2-4-13(6-10(9)5-12)27-16-14(18(23)24)7-11(17(21)22)8-15(16)19(25)26/h1-8,20H. The van der Waals surface area contributed by atoms with Crippen molar-refractivity contribution in [1.29, 1.82) is 0 Å². The first-order chi connectivity index (χ1) is 12.8. The summed E-state index contributed by atoms with van der Waals surface area (Å²) < 4.78 is 0. The fraction of sp³-hybridized carbons (Fsp3) is 0. The first-order valence-electron chi connectivity index (χ1n) is 7.28. The number of nitro benzene ring substituents is 3. The Hall–Kier alpha value is -3.73. The Morgan fingerprint density at radius 3 is 1.89 bits per heavy atom. The first kappa shape index (κ1) is 18.1. The molecule has 0 heterocycles. The molecule has 0 atom stereocenters. The van der Waals surface area contributed by atoms with Gasteiger partial charge in [-0.25, -0.2) is 0 Å². The van der Waals surface area contributed by atoms with Crippen molar-refractivity contribution in [3.63, 3.8) is 0 Å². The lowest BCUT2D eigenvalue weighted by Crippen LogP contribution is -1.99. The number of phenolic OH excluding ortho intramolecular Hbond substituents is 1. The molecule has 0 unspecified atom stereocenters. The van der Waals surface area contributed by atoms with Gasteiger partial charge in [-0.15, -0.1) is 0 Å². The molecule has 0 bridgehead atoms. The number of aromatic hydroxyl groups is 1. The van der Waals surface area contributed by atoms with Gasteiger partial charge in [0, 0.05) is 4.90 Å². The van der Waals surface area contributed by atoms with Crippen LogP contribution >= 0.6 is 11.8 Å². The Kier molecular flexibility index (Phi) is 4.60. The van der Waals surface area contributed by atoms with E-state index in [-0.39, 0.29) is 10.6 Å². The number of phenols is 1. The molecular weight excluding hydrogens is 378 g/mol. The molecule has 0 aromatic heterocycles. The van der Waals surface area contributed by atoms with Crippen LogP contribution in [-0.2, 0) is 0 Å². The summed E-state index contributed by atoms with van der Waals surface area (Å²) in [6.45, 7) is 0. The Balaban J connectivity index is 2.16. The molecule has 0 saturated carbocycles. The van der Waals surface area contributed by atoms with Crippen LogP contribution in [0.4, 0.5) is 17.1 Å². The minimum atomic E-state index is -0.923. The average molecular weight is 387 g/mol. The summed E-state index contributed by atoms with van der Waals surface area (Å²) >= 11 is 0.751. The largest absolute Gasteiger partial charge is 0.508 e. The first-order valence-corrected chi connectivity index (χ1v) is 8.10. The molecule has 0 spiro atoms. The Bertz CT molecular complexity index is 1080. The van der Waals surface area contributed by atoms with Crippen molar-refractivity contribution in [2.45, 2.75) is 9.79 Å². The van der Waals surface area contributed by atoms with Gasteiger partial charge in [0.25, 0.3) is 17.1 Å². The maximum absolute atomic E-state index is 11.3. The van der Waals surface area contributed by atoms with Crippen molar-refractivity contribution in [3.05, 3.63) is 78.9 Å². The zero-order valence-electron chi connectivity index (χ0n) is 13.3. The number of non-ortho nitro benzene ring substituents is 1. The molecule has 136 valence electrons. The highest BCUT2D eigenvalue weighted by molar-refractivity contribution is 7.99. The SMILES string of the molecule is O=[N+]([O-])c1cc([N+](=O)[O-])c(Sc2ccc3ccc(O)cc3c2)c([N+](=O)[O-])c1. The molecule has 0 aliphatic carbocycles. The van der Waals surface area contributed by atoms with E-state index >= 15 is 0 Å². The van der Waals surface area contributed by atoms with Crippen LogP contribution in [0.5, 0.6) is 5.75 Å².